The molecule has 2 aromatic rings. The SMILES string of the molecule is COc1ccc(CN(CCNC(=O)c2cccc(OC)c2)C(C)=O)cc1. The molecule has 0 aliphatic carbocycles. The molecule has 0 saturated carbocycles. The average molecular weight is 356 g/mol. The van der Waals surface area contributed by atoms with E-state index in [1.54, 1.807) is 43.4 Å². The second-order valence-electron chi connectivity index (χ2n) is 5.78. The van der Waals surface area contributed by atoms with Crippen LogP contribution in [-0.2, 0) is 11.3 Å². The second-order valence-corrected chi connectivity index (χ2v) is 5.78. The highest BCUT2D eigenvalue weighted by molar-refractivity contribution is 5.94. The third-order valence-electron chi connectivity index (χ3n) is 3.98. The highest BCUT2D eigenvalue weighted by atomic mass is 16.5. The maximum atomic E-state index is 12.2. The van der Waals surface area contributed by atoms with E-state index in [0.29, 0.717) is 30.9 Å². The molecule has 2 aromatic carbocycles. The molecule has 0 heterocycles. The summed E-state index contributed by atoms with van der Waals surface area (Å²) < 4.78 is 10.3. The van der Waals surface area contributed by atoms with E-state index < -0.39 is 0 Å². The highest BCUT2D eigenvalue weighted by Gasteiger charge is 2.11. The van der Waals surface area contributed by atoms with E-state index in [-0.39, 0.29) is 11.8 Å². The first kappa shape index (κ1) is 19.3. The lowest BCUT2D eigenvalue weighted by molar-refractivity contribution is -0.129. The fraction of sp³-hybridized carbons (Fsp3) is 0.300. The van der Waals surface area contributed by atoms with Gasteiger partial charge in [0, 0.05) is 32.1 Å². The maximum absolute atomic E-state index is 12.2. The number of ether oxygens (including phenoxy) is 2. The molecule has 0 fully saturated rings. The van der Waals surface area contributed by atoms with Crippen molar-refractivity contribution < 1.29 is 19.1 Å². The molecule has 0 bridgehead atoms. The van der Waals surface area contributed by atoms with Crippen molar-refractivity contribution in [2.24, 2.45) is 0 Å². The van der Waals surface area contributed by atoms with E-state index in [1.807, 2.05) is 24.3 Å². The van der Waals surface area contributed by atoms with E-state index in [9.17, 15) is 9.59 Å². The lowest BCUT2D eigenvalue weighted by Gasteiger charge is -2.21. The van der Waals surface area contributed by atoms with Gasteiger partial charge in [-0.3, -0.25) is 9.59 Å². The van der Waals surface area contributed by atoms with E-state index in [1.165, 1.54) is 6.92 Å². The zero-order valence-corrected chi connectivity index (χ0v) is 15.3. The highest BCUT2D eigenvalue weighted by Crippen LogP contribution is 2.14. The predicted molar refractivity (Wildman–Crippen MR) is 99.4 cm³/mol. The quantitative estimate of drug-likeness (QED) is 0.789. The van der Waals surface area contributed by atoms with Crippen LogP contribution >= 0.6 is 0 Å². The summed E-state index contributed by atoms with van der Waals surface area (Å²) >= 11 is 0. The van der Waals surface area contributed by atoms with Gasteiger partial charge < -0.3 is 19.7 Å². The van der Waals surface area contributed by atoms with Gasteiger partial charge >= 0.3 is 0 Å². The topological polar surface area (TPSA) is 67.9 Å². The van der Waals surface area contributed by atoms with Crippen LogP contribution in [0.5, 0.6) is 11.5 Å². The summed E-state index contributed by atoms with van der Waals surface area (Å²) in [6.07, 6.45) is 0. The number of carbonyl (C=O) groups excluding carboxylic acids is 2. The van der Waals surface area contributed by atoms with Gasteiger partial charge in [0.2, 0.25) is 5.91 Å². The van der Waals surface area contributed by atoms with Crippen molar-refractivity contribution in [3.63, 3.8) is 0 Å². The van der Waals surface area contributed by atoms with Crippen molar-refractivity contribution in [1.82, 2.24) is 10.2 Å². The van der Waals surface area contributed by atoms with Gasteiger partial charge in [-0.25, -0.2) is 0 Å². The first-order valence-corrected chi connectivity index (χ1v) is 8.34. The fourth-order valence-electron chi connectivity index (χ4n) is 2.47. The summed E-state index contributed by atoms with van der Waals surface area (Å²) in [6.45, 7) is 2.80. The standard InChI is InChI=1S/C20H24N2O4/c1-15(23)22(14-16-7-9-18(25-2)10-8-16)12-11-21-20(24)17-5-4-6-19(13-17)26-3/h4-10,13H,11-12,14H2,1-3H3,(H,21,24). The summed E-state index contributed by atoms with van der Waals surface area (Å²) in [6, 6.07) is 14.5. The lowest BCUT2D eigenvalue weighted by Crippen LogP contribution is -2.37. The Morgan fingerprint density at radius 2 is 1.69 bits per heavy atom. The molecule has 0 aliphatic rings. The van der Waals surface area contributed by atoms with Gasteiger partial charge in [0.15, 0.2) is 0 Å². The normalized spacial score (nSPS) is 10.1. The minimum absolute atomic E-state index is 0.0450. The first-order valence-electron chi connectivity index (χ1n) is 8.34. The Hall–Kier alpha value is -3.02. The van der Waals surface area contributed by atoms with Crippen LogP contribution in [0.1, 0.15) is 22.8 Å². The molecular weight excluding hydrogens is 332 g/mol. The molecule has 6 heteroatoms. The predicted octanol–water partition coefficient (Wildman–Crippen LogP) is 2.48. The molecular formula is C20H24N2O4. The molecule has 0 radical (unpaired) electrons. The minimum atomic E-state index is -0.197. The van der Waals surface area contributed by atoms with Crippen molar-refractivity contribution in [3.8, 4) is 11.5 Å². The van der Waals surface area contributed by atoms with E-state index in [4.69, 9.17) is 9.47 Å². The van der Waals surface area contributed by atoms with E-state index >= 15 is 0 Å². The summed E-state index contributed by atoms with van der Waals surface area (Å²) in [7, 11) is 3.17. The molecule has 0 unspecified atom stereocenters. The minimum Gasteiger partial charge on any atom is -0.497 e. The van der Waals surface area contributed by atoms with Gasteiger partial charge in [-0.2, -0.15) is 0 Å². The number of hydrogen-bond acceptors (Lipinski definition) is 4. The van der Waals surface area contributed by atoms with Crippen LogP contribution < -0.4 is 14.8 Å². The Bertz CT molecular complexity index is 744. The zero-order valence-electron chi connectivity index (χ0n) is 15.3. The van der Waals surface area contributed by atoms with Gasteiger partial charge in [0.05, 0.1) is 14.2 Å². The van der Waals surface area contributed by atoms with Crippen LogP contribution in [0.4, 0.5) is 0 Å². The van der Waals surface area contributed by atoms with Crippen LogP contribution in [0.2, 0.25) is 0 Å². The summed E-state index contributed by atoms with van der Waals surface area (Å²) in [5, 5.41) is 2.83. The average Bonchev–Trinajstić information content (AvgIpc) is 2.67. The van der Waals surface area contributed by atoms with Crippen molar-refractivity contribution >= 4 is 11.8 Å². The van der Waals surface area contributed by atoms with Crippen molar-refractivity contribution in [1.29, 1.82) is 0 Å². The molecule has 2 rings (SSSR count). The van der Waals surface area contributed by atoms with Crippen LogP contribution in [-0.4, -0.2) is 44.0 Å². The van der Waals surface area contributed by atoms with Gasteiger partial charge in [0.1, 0.15) is 11.5 Å². The van der Waals surface area contributed by atoms with Gasteiger partial charge in [0.25, 0.3) is 5.91 Å². The van der Waals surface area contributed by atoms with Crippen molar-refractivity contribution in [2.45, 2.75) is 13.5 Å². The zero-order chi connectivity index (χ0) is 18.9. The Morgan fingerprint density at radius 1 is 1.00 bits per heavy atom. The molecule has 2 amide bonds. The molecule has 0 aliphatic heterocycles. The lowest BCUT2D eigenvalue weighted by atomic mass is 10.2. The number of hydrogen-bond donors (Lipinski definition) is 1. The Balaban J connectivity index is 1.89. The maximum Gasteiger partial charge on any atom is 0.251 e. The van der Waals surface area contributed by atoms with Crippen LogP contribution in [0.3, 0.4) is 0 Å². The number of carbonyl (C=O) groups is 2. The van der Waals surface area contributed by atoms with Crippen molar-refractivity contribution in [2.75, 3.05) is 27.3 Å². The van der Waals surface area contributed by atoms with Gasteiger partial charge in [-0.1, -0.05) is 18.2 Å². The summed E-state index contributed by atoms with van der Waals surface area (Å²) in [4.78, 5) is 25.8. The van der Waals surface area contributed by atoms with E-state index in [2.05, 4.69) is 5.32 Å². The Morgan fingerprint density at radius 3 is 2.31 bits per heavy atom. The summed E-state index contributed by atoms with van der Waals surface area (Å²) in [5.74, 6) is 1.16. The smallest absolute Gasteiger partial charge is 0.251 e. The number of nitrogens with one attached hydrogen (secondary N) is 1. The largest absolute Gasteiger partial charge is 0.497 e. The fourth-order valence-corrected chi connectivity index (χ4v) is 2.47. The molecule has 26 heavy (non-hydrogen) atoms. The number of amides is 2. The molecule has 1 N–H and O–H groups in total. The second kappa shape index (κ2) is 9.46. The van der Waals surface area contributed by atoms with Crippen LogP contribution in [0, 0.1) is 0 Å². The molecule has 138 valence electrons. The number of nitrogens with zero attached hydrogens (tertiary/aromatic N) is 1. The van der Waals surface area contributed by atoms with Gasteiger partial charge in [-0.05, 0) is 35.9 Å². The summed E-state index contributed by atoms with van der Waals surface area (Å²) in [5.41, 5.74) is 1.52. The molecule has 0 atom stereocenters. The molecule has 0 saturated heterocycles. The number of rotatable bonds is 8. The third kappa shape index (κ3) is 5.51. The Kier molecular flexibility index (Phi) is 7.02. The number of methoxy groups -OCH3 is 2. The molecule has 0 spiro atoms. The molecule has 0 aromatic heterocycles. The van der Waals surface area contributed by atoms with Gasteiger partial charge in [-0.15, -0.1) is 0 Å². The molecule has 6 nitrogen and oxygen atoms in total. The Labute approximate surface area is 153 Å². The monoisotopic (exact) mass is 356 g/mol. The van der Waals surface area contributed by atoms with Crippen LogP contribution in [0.15, 0.2) is 48.5 Å². The third-order valence-corrected chi connectivity index (χ3v) is 3.98. The van der Waals surface area contributed by atoms with E-state index in [0.717, 1.165) is 11.3 Å². The first-order chi connectivity index (χ1) is 12.5. The van der Waals surface area contributed by atoms with Crippen LogP contribution in [0.25, 0.3) is 0 Å². The number of benzene rings is 2. The van der Waals surface area contributed by atoms with Crippen molar-refractivity contribution in [3.05, 3.63) is 59.7 Å².